The molecule has 12 rings (SSSR count). The van der Waals surface area contributed by atoms with Crippen molar-refractivity contribution in [1.29, 1.82) is 0 Å². The van der Waals surface area contributed by atoms with Crippen molar-refractivity contribution in [1.82, 2.24) is 0 Å². The highest BCUT2D eigenvalue weighted by Crippen LogP contribution is 2.66. The largest absolute Gasteiger partial charge is 0.335 e. The Morgan fingerprint density at radius 3 is 1.97 bits per heavy atom. The van der Waals surface area contributed by atoms with Crippen LogP contribution in [0.15, 0.2) is 121 Å². The van der Waals surface area contributed by atoms with Crippen molar-refractivity contribution in [3.63, 3.8) is 0 Å². The van der Waals surface area contributed by atoms with Crippen molar-refractivity contribution >= 4 is 76.2 Å². The van der Waals surface area contributed by atoms with Gasteiger partial charge in [0.25, 0.3) is 6.71 Å². The maximum absolute atomic E-state index is 2.95. The van der Waals surface area contributed by atoms with E-state index in [1.165, 1.54) is 117 Å². The molecule has 4 heterocycles. The number of rotatable bonds is 4. The van der Waals surface area contributed by atoms with Crippen molar-refractivity contribution in [2.75, 3.05) is 14.7 Å². The minimum absolute atomic E-state index is 0.0471. The zero-order valence-electron chi connectivity index (χ0n) is 37.6. The normalized spacial score (nSPS) is 26.6. The molecule has 306 valence electrons. The van der Waals surface area contributed by atoms with Crippen LogP contribution < -0.4 is 36.3 Å². The summed E-state index contributed by atoms with van der Waals surface area (Å²) in [5, 5.41) is 1.60. The molecule has 2 saturated carbocycles. The van der Waals surface area contributed by atoms with Crippen LogP contribution in [0.1, 0.15) is 100.0 Å². The first kappa shape index (κ1) is 37.7. The Balaban J connectivity index is 1.21. The first-order valence-electron chi connectivity index (χ1n) is 23.4. The summed E-state index contributed by atoms with van der Waals surface area (Å²) in [6.07, 6.45) is 9.76. The summed E-state index contributed by atoms with van der Waals surface area (Å²) < 4.78 is 0. The molecule has 4 aliphatic heterocycles. The van der Waals surface area contributed by atoms with Gasteiger partial charge in [0.2, 0.25) is 0 Å². The van der Waals surface area contributed by atoms with Crippen LogP contribution in [0, 0.1) is 13.8 Å². The third kappa shape index (κ3) is 4.72. The predicted octanol–water partition coefficient (Wildman–Crippen LogP) is 12.0. The van der Waals surface area contributed by atoms with Gasteiger partial charge in [-0.1, -0.05) is 153 Å². The van der Waals surface area contributed by atoms with Gasteiger partial charge in [-0.25, -0.2) is 0 Å². The van der Waals surface area contributed by atoms with E-state index in [1.54, 1.807) is 10.8 Å². The van der Waals surface area contributed by atoms with Crippen LogP contribution in [0.25, 0.3) is 0 Å². The maximum Gasteiger partial charge on any atom is 0.252 e. The Kier molecular flexibility index (Phi) is 7.77. The highest BCUT2D eigenvalue weighted by Gasteiger charge is 2.64. The lowest BCUT2D eigenvalue weighted by Gasteiger charge is -2.54. The van der Waals surface area contributed by atoms with Gasteiger partial charge in [-0.3, -0.25) is 0 Å². The molecule has 2 aliphatic carbocycles. The second-order valence-corrected chi connectivity index (χ2v) is 26.6. The van der Waals surface area contributed by atoms with Gasteiger partial charge in [0.1, 0.15) is 0 Å². The summed E-state index contributed by atoms with van der Waals surface area (Å²) in [4.78, 5) is 8.45. The van der Waals surface area contributed by atoms with Crippen molar-refractivity contribution in [2.24, 2.45) is 0 Å². The lowest BCUT2D eigenvalue weighted by Crippen LogP contribution is -2.65. The molecule has 6 aromatic rings. The fourth-order valence-corrected chi connectivity index (χ4v) is 15.3. The van der Waals surface area contributed by atoms with E-state index in [0.717, 1.165) is 12.8 Å². The van der Waals surface area contributed by atoms with E-state index in [0.29, 0.717) is 0 Å². The third-order valence-electron chi connectivity index (χ3n) is 17.3. The molecular weight excluding hydrogens is 754 g/mol. The average Bonchev–Trinajstić information content (AvgIpc) is 3.62. The fraction of sp³-hybridized carbons (Fsp3) is 0.357. The first-order chi connectivity index (χ1) is 29.3. The molecule has 0 spiro atoms. The van der Waals surface area contributed by atoms with Crippen LogP contribution in [0.3, 0.4) is 0 Å². The highest BCUT2D eigenvalue weighted by atomic mass is 28.3. The molecule has 4 unspecified atom stereocenters. The summed E-state index contributed by atoms with van der Waals surface area (Å²) in [5.41, 5.74) is 20.9. The van der Waals surface area contributed by atoms with Gasteiger partial charge in [-0.15, -0.1) is 0 Å². The summed E-state index contributed by atoms with van der Waals surface area (Å²) in [5.74, 6) is 0. The van der Waals surface area contributed by atoms with Gasteiger partial charge in [-0.05, 0) is 123 Å². The number of nitrogens with zero attached hydrogens (tertiary/aromatic N) is 3. The molecule has 0 amide bonds. The van der Waals surface area contributed by atoms with Crippen LogP contribution in [0.2, 0.25) is 19.6 Å². The summed E-state index contributed by atoms with van der Waals surface area (Å²) in [7, 11) is -1.70. The van der Waals surface area contributed by atoms with E-state index in [-0.39, 0.29) is 28.6 Å². The number of fused-ring (bicyclic) bond motifs is 10. The summed E-state index contributed by atoms with van der Waals surface area (Å²) in [6, 6.07) is 48.5. The molecular formula is C56H60BN3Si. The van der Waals surface area contributed by atoms with E-state index in [1.807, 2.05) is 0 Å². The van der Waals surface area contributed by atoms with Crippen LogP contribution in [0.4, 0.5) is 39.8 Å². The lowest BCUT2D eigenvalue weighted by molar-refractivity contribution is 0.195. The summed E-state index contributed by atoms with van der Waals surface area (Å²) in [6.45, 7) is 20.2. The van der Waals surface area contributed by atoms with Crippen molar-refractivity contribution in [3.8, 4) is 0 Å². The zero-order chi connectivity index (χ0) is 41.8. The second kappa shape index (κ2) is 12.6. The SMILES string of the molecule is Cc1ccc(N2c3ccc(C)cc3B3c4cc([Si](C)(C)C)cc5c4N(c4cc(N6c7ccccc7C7(c8ccccc8)CCCCC67C)cc2c43)C2(C)CCCCC52C)cc1. The fourth-order valence-electron chi connectivity index (χ4n) is 14.1. The van der Waals surface area contributed by atoms with Crippen molar-refractivity contribution < 1.29 is 0 Å². The predicted molar refractivity (Wildman–Crippen MR) is 264 cm³/mol. The van der Waals surface area contributed by atoms with E-state index >= 15 is 0 Å². The van der Waals surface area contributed by atoms with E-state index in [9.17, 15) is 0 Å². The molecule has 5 heteroatoms. The second-order valence-electron chi connectivity index (χ2n) is 21.5. The highest BCUT2D eigenvalue weighted by molar-refractivity contribution is 7.01. The molecule has 6 aromatic carbocycles. The minimum atomic E-state index is -1.70. The molecule has 61 heavy (non-hydrogen) atoms. The molecule has 0 saturated heterocycles. The van der Waals surface area contributed by atoms with Crippen molar-refractivity contribution in [2.45, 2.75) is 128 Å². The number of benzene rings is 6. The first-order valence-corrected chi connectivity index (χ1v) is 26.9. The van der Waals surface area contributed by atoms with Gasteiger partial charge in [-0.2, -0.15) is 0 Å². The Hall–Kier alpha value is -5.00. The molecule has 2 fully saturated rings. The van der Waals surface area contributed by atoms with E-state index < -0.39 is 8.07 Å². The Morgan fingerprint density at radius 2 is 1.20 bits per heavy atom. The van der Waals surface area contributed by atoms with Gasteiger partial charge in [0, 0.05) is 50.6 Å². The molecule has 3 nitrogen and oxygen atoms in total. The van der Waals surface area contributed by atoms with Gasteiger partial charge >= 0.3 is 0 Å². The number of para-hydroxylation sites is 1. The van der Waals surface area contributed by atoms with Crippen LogP contribution in [0.5, 0.6) is 0 Å². The molecule has 0 radical (unpaired) electrons. The molecule has 6 aliphatic rings. The van der Waals surface area contributed by atoms with Crippen LogP contribution >= 0.6 is 0 Å². The standard InChI is InChI=1S/C56H60BN3Si/c1-37-22-25-40(26-23-37)58-48-27-24-38(2)32-45(48)57-46-36-42(61(6,7)8)35-44-52(46)60(54(4)29-15-14-28-53(44,54)3)50-34-41(33-49(58)51(50)57)59-47-21-13-12-20-43(47)56(39-18-10-9-11-19-39)31-17-16-30-55(56,59)5/h9-13,18-27,32-36H,14-17,28-31H2,1-8H3. The molecule has 0 bridgehead atoms. The lowest BCUT2D eigenvalue weighted by atomic mass is 9.33. The quantitative estimate of drug-likeness (QED) is 0.164. The topological polar surface area (TPSA) is 9.72 Å². The van der Waals surface area contributed by atoms with E-state index in [4.69, 9.17) is 0 Å². The van der Waals surface area contributed by atoms with Crippen LogP contribution in [-0.4, -0.2) is 25.9 Å². The van der Waals surface area contributed by atoms with Gasteiger partial charge in [0.15, 0.2) is 0 Å². The number of hydrogen-bond acceptors (Lipinski definition) is 3. The summed E-state index contributed by atoms with van der Waals surface area (Å²) >= 11 is 0. The molecule has 0 N–H and O–H groups in total. The smallest absolute Gasteiger partial charge is 0.252 e. The minimum Gasteiger partial charge on any atom is -0.335 e. The van der Waals surface area contributed by atoms with Crippen LogP contribution in [-0.2, 0) is 10.8 Å². The number of hydrogen-bond donors (Lipinski definition) is 0. The average molecular weight is 814 g/mol. The number of anilines is 7. The van der Waals surface area contributed by atoms with Gasteiger partial charge < -0.3 is 14.7 Å². The Bertz CT molecular complexity index is 2810. The monoisotopic (exact) mass is 813 g/mol. The number of aryl methyl sites for hydroxylation is 2. The Labute approximate surface area is 365 Å². The van der Waals surface area contributed by atoms with Gasteiger partial charge in [0.05, 0.1) is 19.2 Å². The maximum atomic E-state index is 2.95. The van der Waals surface area contributed by atoms with Crippen molar-refractivity contribution in [3.05, 3.63) is 149 Å². The molecule has 4 atom stereocenters. The Morgan fingerprint density at radius 1 is 0.525 bits per heavy atom. The third-order valence-corrected chi connectivity index (χ3v) is 19.4. The molecule has 0 aromatic heterocycles. The zero-order valence-corrected chi connectivity index (χ0v) is 38.6. The van der Waals surface area contributed by atoms with E-state index in [2.05, 4.69) is 190 Å².